The molecule has 0 rings (SSSR count). The number of carbonyl (C=O) groups is 1. The molecular formula is C18H38IN3O2. The lowest BCUT2D eigenvalue weighted by molar-refractivity contribution is -0.154. The van der Waals surface area contributed by atoms with Gasteiger partial charge < -0.3 is 15.4 Å². The first-order valence-corrected chi connectivity index (χ1v) is 9.05. The van der Waals surface area contributed by atoms with E-state index < -0.39 is 0 Å². The summed E-state index contributed by atoms with van der Waals surface area (Å²) in [5, 5.41) is 6.65. The Hall–Kier alpha value is -0.530. The molecule has 0 saturated heterocycles. The van der Waals surface area contributed by atoms with Gasteiger partial charge >= 0.3 is 5.97 Å². The maximum atomic E-state index is 11.6. The Morgan fingerprint density at radius 2 is 1.75 bits per heavy atom. The number of halogens is 1. The van der Waals surface area contributed by atoms with Gasteiger partial charge in [-0.2, -0.15) is 0 Å². The molecule has 0 aliphatic heterocycles. The van der Waals surface area contributed by atoms with Crippen molar-refractivity contribution in [2.75, 3.05) is 13.1 Å². The van der Waals surface area contributed by atoms with Crippen LogP contribution in [0.15, 0.2) is 4.99 Å². The lowest BCUT2D eigenvalue weighted by atomic mass is 10.1. The second-order valence-corrected chi connectivity index (χ2v) is 6.96. The van der Waals surface area contributed by atoms with Gasteiger partial charge in [-0.15, -0.1) is 24.0 Å². The summed E-state index contributed by atoms with van der Waals surface area (Å²) >= 11 is 0. The number of nitrogens with zero attached hydrogens (tertiary/aromatic N) is 1. The van der Waals surface area contributed by atoms with Crippen molar-refractivity contribution in [1.29, 1.82) is 0 Å². The van der Waals surface area contributed by atoms with Gasteiger partial charge in [0.1, 0.15) is 5.60 Å². The summed E-state index contributed by atoms with van der Waals surface area (Å²) in [7, 11) is 0. The van der Waals surface area contributed by atoms with Crippen molar-refractivity contribution in [1.82, 2.24) is 10.6 Å². The van der Waals surface area contributed by atoms with Gasteiger partial charge in [-0.25, -0.2) is 0 Å². The Kier molecular flexibility index (Phi) is 15.8. The van der Waals surface area contributed by atoms with Crippen molar-refractivity contribution in [3.63, 3.8) is 0 Å². The molecule has 1 atom stereocenters. The van der Waals surface area contributed by atoms with Crippen LogP contribution in [0, 0.1) is 0 Å². The van der Waals surface area contributed by atoms with E-state index in [1.165, 1.54) is 0 Å². The molecule has 6 heteroatoms. The van der Waals surface area contributed by atoms with Crippen LogP contribution in [0.3, 0.4) is 0 Å². The number of rotatable bonds is 10. The molecule has 0 spiro atoms. The zero-order valence-corrected chi connectivity index (χ0v) is 18.7. The van der Waals surface area contributed by atoms with Gasteiger partial charge in [0.05, 0.1) is 0 Å². The van der Waals surface area contributed by atoms with Gasteiger partial charge in [-0.1, -0.05) is 19.8 Å². The fourth-order valence-electron chi connectivity index (χ4n) is 1.97. The van der Waals surface area contributed by atoms with Gasteiger partial charge in [0.25, 0.3) is 0 Å². The number of aliphatic imine (C=N–C) groups is 1. The number of esters is 1. The maximum absolute atomic E-state index is 11.6. The fourth-order valence-corrected chi connectivity index (χ4v) is 1.97. The average Bonchev–Trinajstić information content (AvgIpc) is 2.44. The van der Waals surface area contributed by atoms with Gasteiger partial charge in [-0.05, 0) is 53.9 Å². The highest BCUT2D eigenvalue weighted by molar-refractivity contribution is 14.0. The van der Waals surface area contributed by atoms with Crippen molar-refractivity contribution in [2.45, 2.75) is 91.7 Å². The third-order valence-corrected chi connectivity index (χ3v) is 3.32. The second-order valence-electron chi connectivity index (χ2n) is 6.96. The van der Waals surface area contributed by atoms with E-state index in [0.29, 0.717) is 12.5 Å². The molecule has 24 heavy (non-hydrogen) atoms. The molecular weight excluding hydrogens is 417 g/mol. The number of carbonyl (C=O) groups excluding carboxylic acids is 1. The van der Waals surface area contributed by atoms with Crippen molar-refractivity contribution in [2.24, 2.45) is 4.99 Å². The molecule has 5 nitrogen and oxygen atoms in total. The van der Waals surface area contributed by atoms with E-state index in [1.54, 1.807) is 0 Å². The third kappa shape index (κ3) is 16.3. The zero-order valence-electron chi connectivity index (χ0n) is 16.4. The van der Waals surface area contributed by atoms with Crippen LogP contribution < -0.4 is 10.6 Å². The Bertz CT molecular complexity index is 355. The SMILES string of the molecule is CCNC(=NCCCCCCC(=O)OC(C)(C)C)NC(C)CC.I. The van der Waals surface area contributed by atoms with Crippen molar-refractivity contribution >= 4 is 35.9 Å². The topological polar surface area (TPSA) is 62.7 Å². The Morgan fingerprint density at radius 3 is 2.29 bits per heavy atom. The van der Waals surface area contributed by atoms with Gasteiger partial charge in [0.15, 0.2) is 5.96 Å². The first-order chi connectivity index (χ1) is 10.8. The quantitative estimate of drug-likeness (QED) is 0.170. The Balaban J connectivity index is 0. The minimum absolute atomic E-state index is 0. The normalized spacial score (nSPS) is 13.0. The highest BCUT2D eigenvalue weighted by atomic mass is 127. The van der Waals surface area contributed by atoms with Crippen LogP contribution in [0.5, 0.6) is 0 Å². The molecule has 0 aromatic heterocycles. The fraction of sp³-hybridized carbons (Fsp3) is 0.889. The molecule has 0 radical (unpaired) electrons. The van der Waals surface area contributed by atoms with Crippen LogP contribution in [0.25, 0.3) is 0 Å². The number of ether oxygens (including phenoxy) is 1. The lowest BCUT2D eigenvalue weighted by Gasteiger charge is -2.19. The van der Waals surface area contributed by atoms with Gasteiger partial charge in [0.2, 0.25) is 0 Å². The van der Waals surface area contributed by atoms with E-state index in [4.69, 9.17) is 4.74 Å². The van der Waals surface area contributed by atoms with Crippen LogP contribution in [-0.2, 0) is 9.53 Å². The molecule has 0 bridgehead atoms. The van der Waals surface area contributed by atoms with E-state index in [0.717, 1.165) is 51.2 Å². The lowest BCUT2D eigenvalue weighted by Crippen LogP contribution is -2.42. The summed E-state index contributed by atoms with van der Waals surface area (Å²) in [6.45, 7) is 13.8. The minimum atomic E-state index is -0.378. The minimum Gasteiger partial charge on any atom is -0.460 e. The molecule has 0 aromatic carbocycles. The maximum Gasteiger partial charge on any atom is 0.306 e. The first kappa shape index (κ1) is 25.7. The number of unbranched alkanes of at least 4 members (excludes halogenated alkanes) is 3. The Morgan fingerprint density at radius 1 is 1.12 bits per heavy atom. The molecule has 0 aliphatic carbocycles. The molecule has 2 N–H and O–H groups in total. The van der Waals surface area contributed by atoms with E-state index in [2.05, 4.69) is 36.4 Å². The van der Waals surface area contributed by atoms with Crippen LogP contribution in [0.2, 0.25) is 0 Å². The standard InChI is InChI=1S/C18H37N3O2.HI/c1-7-15(3)21-17(19-8-2)20-14-12-10-9-11-13-16(22)23-18(4,5)6;/h15H,7-14H2,1-6H3,(H2,19,20,21);1H. The van der Waals surface area contributed by atoms with Crippen LogP contribution in [0.4, 0.5) is 0 Å². The van der Waals surface area contributed by atoms with Crippen LogP contribution >= 0.6 is 24.0 Å². The predicted octanol–water partition coefficient (Wildman–Crippen LogP) is 4.25. The summed E-state index contributed by atoms with van der Waals surface area (Å²) in [4.78, 5) is 16.2. The molecule has 0 aliphatic rings. The first-order valence-electron chi connectivity index (χ1n) is 9.05. The summed E-state index contributed by atoms with van der Waals surface area (Å²) < 4.78 is 5.29. The molecule has 0 fully saturated rings. The van der Waals surface area contributed by atoms with Crippen LogP contribution in [0.1, 0.15) is 80.1 Å². The van der Waals surface area contributed by atoms with Crippen LogP contribution in [-0.4, -0.2) is 36.7 Å². The largest absolute Gasteiger partial charge is 0.460 e. The molecule has 144 valence electrons. The summed E-state index contributed by atoms with van der Waals surface area (Å²) in [5.41, 5.74) is -0.378. The van der Waals surface area contributed by atoms with E-state index >= 15 is 0 Å². The number of nitrogens with one attached hydrogen (secondary N) is 2. The van der Waals surface area contributed by atoms with Gasteiger partial charge in [-0.3, -0.25) is 9.79 Å². The molecule has 0 aromatic rings. The van der Waals surface area contributed by atoms with Crippen molar-refractivity contribution in [3.05, 3.63) is 0 Å². The summed E-state index contributed by atoms with van der Waals surface area (Å²) in [6, 6.07) is 0.432. The highest BCUT2D eigenvalue weighted by Crippen LogP contribution is 2.11. The number of hydrogen-bond acceptors (Lipinski definition) is 3. The number of guanidine groups is 1. The van der Waals surface area contributed by atoms with Crippen molar-refractivity contribution in [3.8, 4) is 0 Å². The smallest absolute Gasteiger partial charge is 0.306 e. The van der Waals surface area contributed by atoms with Gasteiger partial charge in [0, 0.05) is 25.6 Å². The zero-order chi connectivity index (χ0) is 17.7. The summed E-state index contributed by atoms with van der Waals surface area (Å²) in [5.74, 6) is 0.804. The monoisotopic (exact) mass is 455 g/mol. The van der Waals surface area contributed by atoms with Crippen molar-refractivity contribution < 1.29 is 9.53 Å². The highest BCUT2D eigenvalue weighted by Gasteiger charge is 2.15. The second kappa shape index (κ2) is 14.8. The molecule has 1 unspecified atom stereocenters. The number of hydrogen-bond donors (Lipinski definition) is 2. The van der Waals surface area contributed by atoms with E-state index in [1.807, 2.05) is 20.8 Å². The van der Waals surface area contributed by atoms with E-state index in [-0.39, 0.29) is 35.5 Å². The molecule has 0 saturated carbocycles. The Labute approximate surface area is 165 Å². The third-order valence-electron chi connectivity index (χ3n) is 3.32. The predicted molar refractivity (Wildman–Crippen MR) is 113 cm³/mol. The van der Waals surface area contributed by atoms with E-state index in [9.17, 15) is 4.79 Å². The molecule has 0 amide bonds. The average molecular weight is 455 g/mol. The molecule has 0 heterocycles. The summed E-state index contributed by atoms with van der Waals surface area (Å²) in [6.07, 6.45) is 5.67.